The highest BCUT2D eigenvalue weighted by atomic mass is 16.3. The first kappa shape index (κ1) is 28.2. The lowest BCUT2D eigenvalue weighted by Crippen LogP contribution is -2.28. The highest BCUT2D eigenvalue weighted by Crippen LogP contribution is 2.56. The maximum Gasteiger partial charge on any atom is 0.160 e. The van der Waals surface area contributed by atoms with E-state index in [1.54, 1.807) is 0 Å². The van der Waals surface area contributed by atoms with Crippen molar-refractivity contribution in [2.75, 3.05) is 0 Å². The zero-order valence-electron chi connectivity index (χ0n) is 27.2. The van der Waals surface area contributed by atoms with Gasteiger partial charge in [0.05, 0.1) is 11.4 Å². The molecule has 2 aliphatic rings. The molecule has 6 aromatic carbocycles. The molecule has 2 aromatic heterocycles. The van der Waals surface area contributed by atoms with E-state index < -0.39 is 0 Å². The quantitative estimate of drug-likeness (QED) is 0.194. The number of nitrogens with zero attached hydrogens (tertiary/aromatic N) is 2. The van der Waals surface area contributed by atoms with Crippen LogP contribution in [0.1, 0.15) is 43.2 Å². The maximum atomic E-state index is 6.62. The van der Waals surface area contributed by atoms with E-state index in [1.165, 1.54) is 65.5 Å². The molecule has 0 bridgehead atoms. The van der Waals surface area contributed by atoms with Gasteiger partial charge in [0.15, 0.2) is 5.82 Å². The Balaban J connectivity index is 1.06. The van der Waals surface area contributed by atoms with Crippen molar-refractivity contribution in [1.82, 2.24) is 9.97 Å². The van der Waals surface area contributed by atoms with Gasteiger partial charge in [-0.2, -0.15) is 0 Å². The molecule has 0 radical (unpaired) electrons. The molecule has 3 heteroatoms. The Kier molecular flexibility index (Phi) is 6.42. The van der Waals surface area contributed by atoms with Crippen LogP contribution in [0.4, 0.5) is 0 Å². The average molecular weight is 631 g/mol. The van der Waals surface area contributed by atoms with Crippen molar-refractivity contribution in [3.05, 3.63) is 157 Å². The zero-order valence-corrected chi connectivity index (χ0v) is 27.2. The third-order valence-electron chi connectivity index (χ3n) is 10.9. The maximum absolute atomic E-state index is 6.62. The molecule has 0 N–H and O–H groups in total. The molecule has 0 unspecified atom stereocenters. The second-order valence-electron chi connectivity index (χ2n) is 13.7. The van der Waals surface area contributed by atoms with Crippen molar-refractivity contribution in [2.24, 2.45) is 0 Å². The van der Waals surface area contributed by atoms with Crippen molar-refractivity contribution in [2.45, 2.75) is 37.5 Å². The molecule has 1 spiro atoms. The standard InChI is InChI=1S/C46H34N2O/c1-4-12-30(13-5-1)41-29-42(48-45(47-41)31-14-6-2-7-15-31)34-20-23-38-37-22-19-33(27-43(37)49-44(38)28-34)32-18-21-36-35-16-8-9-17-39(35)46(40(36)26-32)24-10-3-11-25-46/h1-2,4-9,12-23,26-29H,3,10-11,24-25H2. The van der Waals surface area contributed by atoms with Crippen molar-refractivity contribution >= 4 is 21.9 Å². The molecule has 2 heterocycles. The fourth-order valence-corrected chi connectivity index (χ4v) is 8.51. The number of aromatic nitrogens is 2. The van der Waals surface area contributed by atoms with Gasteiger partial charge >= 0.3 is 0 Å². The first-order chi connectivity index (χ1) is 24.2. The van der Waals surface area contributed by atoms with Crippen LogP contribution in [0.15, 0.2) is 150 Å². The minimum Gasteiger partial charge on any atom is -0.456 e. The van der Waals surface area contributed by atoms with Gasteiger partial charge in [-0.1, -0.05) is 128 Å². The topological polar surface area (TPSA) is 38.9 Å². The number of hydrogen-bond donors (Lipinski definition) is 0. The van der Waals surface area contributed by atoms with E-state index in [1.807, 2.05) is 36.4 Å². The predicted molar refractivity (Wildman–Crippen MR) is 200 cm³/mol. The zero-order chi connectivity index (χ0) is 32.4. The molecule has 0 aliphatic heterocycles. The molecule has 0 amide bonds. The number of hydrogen-bond acceptors (Lipinski definition) is 3. The fraction of sp³-hybridized carbons (Fsp3) is 0.130. The summed E-state index contributed by atoms with van der Waals surface area (Å²) in [5.74, 6) is 0.707. The van der Waals surface area contributed by atoms with Crippen LogP contribution in [0.3, 0.4) is 0 Å². The number of furan rings is 1. The summed E-state index contributed by atoms with van der Waals surface area (Å²) in [6.07, 6.45) is 6.39. The molecule has 1 saturated carbocycles. The number of benzene rings is 6. The Labute approximate surface area is 285 Å². The van der Waals surface area contributed by atoms with Gasteiger partial charge in [-0.3, -0.25) is 0 Å². The lowest BCUT2D eigenvalue weighted by molar-refractivity contribution is 0.353. The summed E-state index contributed by atoms with van der Waals surface area (Å²) in [5.41, 5.74) is 15.0. The second-order valence-corrected chi connectivity index (χ2v) is 13.7. The Morgan fingerprint density at radius 2 is 1.00 bits per heavy atom. The molecule has 10 rings (SSSR count). The first-order valence-corrected chi connectivity index (χ1v) is 17.4. The van der Waals surface area contributed by atoms with Crippen LogP contribution >= 0.6 is 0 Å². The Morgan fingerprint density at radius 3 is 1.76 bits per heavy atom. The van der Waals surface area contributed by atoms with Crippen LogP contribution in [-0.2, 0) is 5.41 Å². The van der Waals surface area contributed by atoms with E-state index in [0.717, 1.165) is 50.0 Å². The van der Waals surface area contributed by atoms with Gasteiger partial charge in [-0.25, -0.2) is 9.97 Å². The first-order valence-electron chi connectivity index (χ1n) is 17.4. The van der Waals surface area contributed by atoms with Crippen LogP contribution in [0.2, 0.25) is 0 Å². The molecule has 1 fully saturated rings. The van der Waals surface area contributed by atoms with E-state index >= 15 is 0 Å². The van der Waals surface area contributed by atoms with Gasteiger partial charge in [0.2, 0.25) is 0 Å². The predicted octanol–water partition coefficient (Wildman–Crippen LogP) is 12.3. The van der Waals surface area contributed by atoms with Gasteiger partial charge in [0, 0.05) is 32.9 Å². The van der Waals surface area contributed by atoms with Crippen LogP contribution in [0.5, 0.6) is 0 Å². The Hall–Kier alpha value is -5.80. The van der Waals surface area contributed by atoms with Crippen LogP contribution < -0.4 is 0 Å². The largest absolute Gasteiger partial charge is 0.456 e. The van der Waals surface area contributed by atoms with Gasteiger partial charge in [-0.05, 0) is 82.6 Å². The normalized spacial score (nSPS) is 14.7. The minimum atomic E-state index is 0.141. The number of fused-ring (bicyclic) bond motifs is 8. The molecule has 0 atom stereocenters. The Bertz CT molecular complexity index is 2470. The summed E-state index contributed by atoms with van der Waals surface area (Å²) in [7, 11) is 0. The van der Waals surface area contributed by atoms with E-state index in [0.29, 0.717) is 5.82 Å². The smallest absolute Gasteiger partial charge is 0.160 e. The summed E-state index contributed by atoms with van der Waals surface area (Å²) in [4.78, 5) is 10.0. The third kappa shape index (κ3) is 4.57. The molecule has 8 aromatic rings. The van der Waals surface area contributed by atoms with Crippen molar-refractivity contribution in [3.63, 3.8) is 0 Å². The van der Waals surface area contributed by atoms with E-state index in [-0.39, 0.29) is 5.41 Å². The van der Waals surface area contributed by atoms with Gasteiger partial charge < -0.3 is 4.42 Å². The molecule has 0 saturated heterocycles. The van der Waals surface area contributed by atoms with Crippen molar-refractivity contribution in [1.29, 1.82) is 0 Å². The molecule has 234 valence electrons. The van der Waals surface area contributed by atoms with Crippen molar-refractivity contribution in [3.8, 4) is 56.2 Å². The summed E-state index contributed by atoms with van der Waals surface area (Å²) in [5, 5.41) is 2.23. The lowest BCUT2D eigenvalue weighted by Gasteiger charge is -2.36. The van der Waals surface area contributed by atoms with Crippen LogP contribution in [0, 0.1) is 0 Å². The highest BCUT2D eigenvalue weighted by Gasteiger charge is 2.43. The molecule has 2 aliphatic carbocycles. The monoisotopic (exact) mass is 630 g/mol. The summed E-state index contributed by atoms with van der Waals surface area (Å²) < 4.78 is 6.62. The second kappa shape index (κ2) is 11.1. The minimum absolute atomic E-state index is 0.141. The fourth-order valence-electron chi connectivity index (χ4n) is 8.51. The summed E-state index contributed by atoms with van der Waals surface area (Å²) in [6.45, 7) is 0. The average Bonchev–Trinajstić information content (AvgIpc) is 3.67. The van der Waals surface area contributed by atoms with Crippen LogP contribution in [-0.4, -0.2) is 9.97 Å². The lowest BCUT2D eigenvalue weighted by atomic mass is 9.67. The SMILES string of the molecule is c1ccc(-c2cc(-c3ccc4c(c3)oc3cc(-c5ccc6c(c5)C5(CCCCC5)c5ccccc5-6)ccc34)nc(-c3ccccc3)n2)cc1. The number of rotatable bonds is 4. The van der Waals surface area contributed by atoms with Crippen molar-refractivity contribution < 1.29 is 4.42 Å². The third-order valence-corrected chi connectivity index (χ3v) is 10.9. The molecule has 3 nitrogen and oxygen atoms in total. The Morgan fingerprint density at radius 1 is 0.429 bits per heavy atom. The van der Waals surface area contributed by atoms with E-state index in [4.69, 9.17) is 14.4 Å². The van der Waals surface area contributed by atoms with E-state index in [9.17, 15) is 0 Å². The van der Waals surface area contributed by atoms with Gasteiger partial charge in [0.25, 0.3) is 0 Å². The summed E-state index contributed by atoms with van der Waals surface area (Å²) >= 11 is 0. The van der Waals surface area contributed by atoms with E-state index in [2.05, 4.69) is 109 Å². The molecular weight excluding hydrogens is 597 g/mol. The van der Waals surface area contributed by atoms with Gasteiger partial charge in [-0.15, -0.1) is 0 Å². The van der Waals surface area contributed by atoms with Gasteiger partial charge in [0.1, 0.15) is 11.2 Å². The summed E-state index contributed by atoms with van der Waals surface area (Å²) in [6, 6.07) is 51.9. The van der Waals surface area contributed by atoms with Crippen LogP contribution in [0.25, 0.3) is 78.1 Å². The molecule has 49 heavy (non-hydrogen) atoms. The highest BCUT2D eigenvalue weighted by molar-refractivity contribution is 6.07. The molecular formula is C46H34N2O.